The molecule has 2 heterocycles. The van der Waals surface area contributed by atoms with Crippen molar-refractivity contribution in [3.63, 3.8) is 0 Å². The van der Waals surface area contributed by atoms with Gasteiger partial charge in [-0.25, -0.2) is 0 Å². The summed E-state index contributed by atoms with van der Waals surface area (Å²) in [5.41, 5.74) is 6.40. The number of anilines is 2. The summed E-state index contributed by atoms with van der Waals surface area (Å²) in [5.74, 6) is -0.320. The van der Waals surface area contributed by atoms with Crippen LogP contribution in [-0.2, 0) is 9.59 Å². The van der Waals surface area contributed by atoms with Gasteiger partial charge in [-0.05, 0) is 75.7 Å². The second-order valence-electron chi connectivity index (χ2n) is 9.79. The molecule has 3 amide bonds. The monoisotopic (exact) mass is 505 g/mol. The number of allylic oxidation sites excluding steroid dienone is 1. The summed E-state index contributed by atoms with van der Waals surface area (Å²) in [6.07, 6.45) is 3.87. The van der Waals surface area contributed by atoms with Crippen LogP contribution in [0.4, 0.5) is 16.2 Å². The number of imide groups is 1. The molecule has 2 aromatic carbocycles. The van der Waals surface area contributed by atoms with E-state index >= 15 is 0 Å². The van der Waals surface area contributed by atoms with E-state index in [1.165, 1.54) is 0 Å². The van der Waals surface area contributed by atoms with Crippen LogP contribution in [0, 0.1) is 13.8 Å². The minimum absolute atomic E-state index is 0.149. The molecule has 36 heavy (non-hydrogen) atoms. The van der Waals surface area contributed by atoms with E-state index in [-0.39, 0.29) is 17.0 Å². The van der Waals surface area contributed by atoms with Gasteiger partial charge < -0.3 is 15.0 Å². The molecule has 1 N–H and O–H groups in total. The highest BCUT2D eigenvalue weighted by atomic mass is 32.2. The van der Waals surface area contributed by atoms with Crippen LogP contribution < -0.4 is 15.0 Å². The summed E-state index contributed by atoms with van der Waals surface area (Å²) in [5, 5.41) is 2.32. The summed E-state index contributed by atoms with van der Waals surface area (Å²) < 4.78 is 5.64. The van der Waals surface area contributed by atoms with Gasteiger partial charge in [0.25, 0.3) is 11.1 Å². The Hall–Kier alpha value is -3.52. The van der Waals surface area contributed by atoms with E-state index in [1.807, 2.05) is 51.2 Å². The molecule has 8 heteroatoms. The number of likely N-dealkylation sites (N-methyl/N-ethyl adjacent to an activating group) is 1. The van der Waals surface area contributed by atoms with E-state index in [4.69, 9.17) is 4.74 Å². The van der Waals surface area contributed by atoms with Gasteiger partial charge in [0.2, 0.25) is 5.91 Å². The average Bonchev–Trinajstić information content (AvgIpc) is 3.06. The molecule has 0 aromatic heterocycles. The fourth-order valence-corrected chi connectivity index (χ4v) is 5.38. The second-order valence-corrected chi connectivity index (χ2v) is 10.8. The lowest BCUT2D eigenvalue weighted by atomic mass is 9.88. The molecule has 188 valence electrons. The van der Waals surface area contributed by atoms with Crippen molar-refractivity contribution in [2.24, 2.45) is 0 Å². The Morgan fingerprint density at radius 3 is 2.53 bits per heavy atom. The molecule has 1 saturated heterocycles. The van der Waals surface area contributed by atoms with Crippen molar-refractivity contribution >= 4 is 51.8 Å². The molecule has 0 aliphatic carbocycles. The molecular weight excluding hydrogens is 474 g/mol. The van der Waals surface area contributed by atoms with Crippen molar-refractivity contribution in [2.45, 2.75) is 40.2 Å². The number of thioether (sulfide) groups is 1. The van der Waals surface area contributed by atoms with Crippen LogP contribution in [0.2, 0.25) is 0 Å². The number of carbonyl (C=O) groups is 3. The molecular formula is C28H31N3O4S. The van der Waals surface area contributed by atoms with Crippen LogP contribution in [-0.4, -0.2) is 48.2 Å². The van der Waals surface area contributed by atoms with Crippen LogP contribution in [0.5, 0.6) is 5.75 Å². The van der Waals surface area contributed by atoms with Gasteiger partial charge in [0.1, 0.15) is 12.3 Å². The highest BCUT2D eigenvalue weighted by Crippen LogP contribution is 2.42. The van der Waals surface area contributed by atoms with Crippen molar-refractivity contribution in [3.05, 3.63) is 63.6 Å². The number of rotatable bonds is 5. The van der Waals surface area contributed by atoms with Gasteiger partial charge in [-0.2, -0.15) is 0 Å². The summed E-state index contributed by atoms with van der Waals surface area (Å²) >= 11 is 0.826. The van der Waals surface area contributed by atoms with Crippen molar-refractivity contribution in [1.82, 2.24) is 4.90 Å². The summed E-state index contributed by atoms with van der Waals surface area (Å²) in [6.45, 7) is 9.87. The number of amides is 3. The molecule has 0 unspecified atom stereocenters. The molecule has 2 aliphatic heterocycles. The van der Waals surface area contributed by atoms with E-state index in [1.54, 1.807) is 13.2 Å². The van der Waals surface area contributed by atoms with E-state index in [2.05, 4.69) is 37.1 Å². The Bertz CT molecular complexity index is 1340. The lowest BCUT2D eigenvalue weighted by Gasteiger charge is -2.41. The number of carbonyl (C=O) groups excluding carboxylic acids is 3. The third-order valence-electron chi connectivity index (χ3n) is 6.69. The normalized spacial score (nSPS) is 17.9. The van der Waals surface area contributed by atoms with Gasteiger partial charge in [-0.1, -0.05) is 23.8 Å². The standard InChI is InChI=1S/C28H31N3O4S/c1-16-8-9-21(17(2)10-16)29-25(32)15-31-26(33)24(36-27(31)34)12-19-11-20-18(3)14-28(4,5)30(6)22(20)13-23(19)35-7/h8-14H,15H2,1-7H3,(H,29,32)/b24-12+. The van der Waals surface area contributed by atoms with Crippen LogP contribution in [0.25, 0.3) is 11.6 Å². The van der Waals surface area contributed by atoms with Crippen LogP contribution in [0.1, 0.15) is 43.0 Å². The Labute approximate surface area is 216 Å². The smallest absolute Gasteiger partial charge is 0.294 e. The number of ether oxygens (including phenoxy) is 1. The van der Waals surface area contributed by atoms with Crippen molar-refractivity contribution in [2.75, 3.05) is 30.9 Å². The number of nitrogens with one attached hydrogen (secondary N) is 1. The number of aryl methyl sites for hydroxylation is 2. The third kappa shape index (κ3) is 4.78. The van der Waals surface area contributed by atoms with Gasteiger partial charge in [0.05, 0.1) is 17.6 Å². The van der Waals surface area contributed by atoms with Crippen molar-refractivity contribution in [3.8, 4) is 5.75 Å². The lowest BCUT2D eigenvalue weighted by Crippen LogP contribution is -2.42. The molecule has 0 bridgehead atoms. The zero-order chi connectivity index (χ0) is 26.4. The minimum atomic E-state index is -0.494. The molecule has 7 nitrogen and oxygen atoms in total. The zero-order valence-corrected chi connectivity index (χ0v) is 22.5. The van der Waals surface area contributed by atoms with E-state index in [0.29, 0.717) is 17.0 Å². The van der Waals surface area contributed by atoms with E-state index in [9.17, 15) is 14.4 Å². The number of hydrogen-bond acceptors (Lipinski definition) is 6. The topological polar surface area (TPSA) is 79.0 Å². The fourth-order valence-electron chi connectivity index (χ4n) is 4.55. The van der Waals surface area contributed by atoms with Crippen molar-refractivity contribution < 1.29 is 19.1 Å². The Morgan fingerprint density at radius 1 is 1.14 bits per heavy atom. The number of fused-ring (bicyclic) bond motifs is 1. The molecule has 0 atom stereocenters. The summed E-state index contributed by atoms with van der Waals surface area (Å²) in [4.78, 5) is 41.8. The predicted octanol–water partition coefficient (Wildman–Crippen LogP) is 5.62. The predicted molar refractivity (Wildman–Crippen MR) is 146 cm³/mol. The highest BCUT2D eigenvalue weighted by Gasteiger charge is 2.37. The van der Waals surface area contributed by atoms with Gasteiger partial charge >= 0.3 is 0 Å². The Morgan fingerprint density at radius 2 is 1.86 bits per heavy atom. The van der Waals surface area contributed by atoms with E-state index in [0.717, 1.165) is 44.6 Å². The van der Waals surface area contributed by atoms with Gasteiger partial charge in [-0.3, -0.25) is 19.3 Å². The Kier molecular flexibility index (Phi) is 6.75. The number of methoxy groups -OCH3 is 1. The molecule has 1 fully saturated rings. The molecule has 0 spiro atoms. The van der Waals surface area contributed by atoms with Gasteiger partial charge in [0.15, 0.2) is 0 Å². The third-order valence-corrected chi connectivity index (χ3v) is 7.59. The molecule has 2 aromatic rings. The molecule has 0 saturated carbocycles. The summed E-state index contributed by atoms with van der Waals surface area (Å²) in [6, 6.07) is 9.61. The first kappa shape index (κ1) is 25.6. The molecule has 4 rings (SSSR count). The molecule has 2 aliphatic rings. The minimum Gasteiger partial charge on any atom is -0.496 e. The van der Waals surface area contributed by atoms with Gasteiger partial charge in [-0.15, -0.1) is 0 Å². The fraction of sp³-hybridized carbons (Fsp3) is 0.321. The number of nitrogens with zero attached hydrogens (tertiary/aromatic N) is 2. The second kappa shape index (κ2) is 9.50. The Balaban J connectivity index is 1.58. The summed E-state index contributed by atoms with van der Waals surface area (Å²) in [7, 11) is 3.62. The number of hydrogen-bond donors (Lipinski definition) is 1. The van der Waals surface area contributed by atoms with Crippen LogP contribution in [0.15, 0.2) is 41.3 Å². The maximum absolute atomic E-state index is 13.1. The first-order chi connectivity index (χ1) is 16.9. The zero-order valence-electron chi connectivity index (χ0n) is 21.7. The largest absolute Gasteiger partial charge is 0.496 e. The van der Waals surface area contributed by atoms with Gasteiger partial charge in [0, 0.05) is 35.6 Å². The quantitative estimate of drug-likeness (QED) is 0.532. The average molecular weight is 506 g/mol. The van der Waals surface area contributed by atoms with Crippen LogP contribution >= 0.6 is 11.8 Å². The lowest BCUT2D eigenvalue weighted by molar-refractivity contribution is -0.127. The molecule has 0 radical (unpaired) electrons. The van der Waals surface area contributed by atoms with E-state index < -0.39 is 17.1 Å². The van der Waals surface area contributed by atoms with Crippen molar-refractivity contribution in [1.29, 1.82) is 0 Å². The SMILES string of the molecule is COc1cc2c(cc1/C=C1/SC(=O)N(CC(=O)Nc3ccc(C)cc3C)C1=O)C(C)=CC(C)(C)N2C. The van der Waals surface area contributed by atoms with Crippen LogP contribution in [0.3, 0.4) is 0 Å². The maximum Gasteiger partial charge on any atom is 0.294 e. The number of benzene rings is 2. The highest BCUT2D eigenvalue weighted by molar-refractivity contribution is 8.18. The first-order valence-corrected chi connectivity index (χ1v) is 12.5. The maximum atomic E-state index is 13.1. The first-order valence-electron chi connectivity index (χ1n) is 11.7.